The van der Waals surface area contributed by atoms with Gasteiger partial charge in [0, 0.05) is 6.54 Å². The highest BCUT2D eigenvalue weighted by Gasteiger charge is 2.17. The van der Waals surface area contributed by atoms with Crippen molar-refractivity contribution in [3.63, 3.8) is 0 Å². The summed E-state index contributed by atoms with van der Waals surface area (Å²) in [5.74, 6) is 0. The average molecular weight is 280 g/mol. The van der Waals surface area contributed by atoms with Crippen molar-refractivity contribution in [2.75, 3.05) is 11.9 Å². The Bertz CT molecular complexity index is 479. The highest BCUT2D eigenvalue weighted by molar-refractivity contribution is 6.32. The number of alkyl halides is 2. The summed E-state index contributed by atoms with van der Waals surface area (Å²) in [5.41, 5.74) is -0.463. The van der Waals surface area contributed by atoms with Gasteiger partial charge in [0.05, 0.1) is 18.4 Å². The van der Waals surface area contributed by atoms with Gasteiger partial charge in [-0.2, -0.15) is 5.10 Å². The van der Waals surface area contributed by atoms with Gasteiger partial charge in [0.1, 0.15) is 11.1 Å². The Kier molecular flexibility index (Phi) is 5.24. The molecule has 8 heteroatoms. The second kappa shape index (κ2) is 6.46. The van der Waals surface area contributed by atoms with Gasteiger partial charge in [-0.25, -0.2) is 13.5 Å². The maximum atomic E-state index is 12.1. The van der Waals surface area contributed by atoms with E-state index in [1.165, 1.54) is 12.3 Å². The Morgan fingerprint density at radius 1 is 1.67 bits per heavy atom. The molecule has 18 heavy (non-hydrogen) atoms. The predicted octanol–water partition coefficient (Wildman–Crippen LogP) is 1.12. The van der Waals surface area contributed by atoms with E-state index in [4.69, 9.17) is 16.7 Å². The van der Waals surface area contributed by atoms with Crippen molar-refractivity contribution in [3.8, 4) is 0 Å². The average Bonchev–Trinajstić information content (AvgIpc) is 2.33. The minimum Gasteiger partial charge on any atom is -0.385 e. The fourth-order valence-corrected chi connectivity index (χ4v) is 1.36. The van der Waals surface area contributed by atoms with E-state index in [9.17, 15) is 13.6 Å². The van der Waals surface area contributed by atoms with Crippen molar-refractivity contribution < 1.29 is 13.9 Å². The summed E-state index contributed by atoms with van der Waals surface area (Å²) in [4.78, 5) is 11.6. The largest absolute Gasteiger partial charge is 0.385 e. The van der Waals surface area contributed by atoms with Crippen molar-refractivity contribution in [1.82, 2.24) is 9.78 Å². The van der Waals surface area contributed by atoms with Gasteiger partial charge in [0.15, 0.2) is 0 Å². The molecule has 1 atom stereocenters. The zero-order chi connectivity index (χ0) is 13.7. The van der Waals surface area contributed by atoms with Gasteiger partial charge >= 0.3 is 0 Å². The van der Waals surface area contributed by atoms with Crippen LogP contribution in [0.5, 0.6) is 0 Å². The van der Waals surface area contributed by atoms with Crippen LogP contribution in [0.25, 0.3) is 0 Å². The van der Waals surface area contributed by atoms with Crippen molar-refractivity contribution in [3.05, 3.63) is 34.2 Å². The van der Waals surface area contributed by atoms with Gasteiger partial charge in [-0.05, 0) is 0 Å². The Hall–Kier alpha value is -1.47. The number of aliphatic hydroxyl groups is 1. The van der Waals surface area contributed by atoms with E-state index in [-0.39, 0.29) is 17.3 Å². The van der Waals surface area contributed by atoms with Crippen LogP contribution in [0.15, 0.2) is 23.6 Å². The number of aromatic nitrogens is 2. The Morgan fingerprint density at radius 3 is 2.89 bits per heavy atom. The normalized spacial score (nSPS) is 12.5. The number of aliphatic hydroxyl groups excluding tert-OH is 1. The highest BCUT2D eigenvalue weighted by atomic mass is 35.5. The lowest BCUT2D eigenvalue weighted by molar-refractivity contribution is 0.00384. The minimum atomic E-state index is -2.87. The molecule has 1 aromatic rings. The molecule has 0 aromatic carbocycles. The van der Waals surface area contributed by atoms with Gasteiger partial charge in [0.25, 0.3) is 12.0 Å². The summed E-state index contributed by atoms with van der Waals surface area (Å²) < 4.78 is 25.2. The van der Waals surface area contributed by atoms with Crippen molar-refractivity contribution >= 4 is 17.3 Å². The van der Waals surface area contributed by atoms with Gasteiger partial charge in [0.2, 0.25) is 0 Å². The maximum absolute atomic E-state index is 12.1. The minimum absolute atomic E-state index is 0.0988. The van der Waals surface area contributed by atoms with E-state index < -0.39 is 24.6 Å². The summed E-state index contributed by atoms with van der Waals surface area (Å²) in [6.45, 7) is 3.22. The van der Waals surface area contributed by atoms with Crippen LogP contribution in [0.4, 0.5) is 14.5 Å². The molecule has 0 spiro atoms. The third kappa shape index (κ3) is 3.51. The summed E-state index contributed by atoms with van der Waals surface area (Å²) in [5, 5.41) is 15.0. The molecular weight excluding hydrogens is 268 g/mol. The number of hydrogen-bond donors (Lipinski definition) is 2. The molecule has 0 aliphatic heterocycles. The van der Waals surface area contributed by atoms with Crippen LogP contribution < -0.4 is 10.9 Å². The van der Waals surface area contributed by atoms with E-state index in [1.807, 2.05) is 0 Å². The second-order valence-electron chi connectivity index (χ2n) is 3.43. The number of halogens is 3. The van der Waals surface area contributed by atoms with Gasteiger partial charge in [-0.3, -0.25) is 4.79 Å². The molecule has 0 saturated carbocycles. The van der Waals surface area contributed by atoms with Crippen LogP contribution in [-0.2, 0) is 6.54 Å². The Labute approximate surface area is 107 Å². The number of rotatable bonds is 6. The van der Waals surface area contributed by atoms with Crippen LogP contribution in [0.3, 0.4) is 0 Å². The highest BCUT2D eigenvalue weighted by Crippen LogP contribution is 2.15. The fourth-order valence-electron chi connectivity index (χ4n) is 1.14. The SMILES string of the molecule is C=CCn1ncc(NCC(O)C(F)F)c(Cl)c1=O. The first-order valence-corrected chi connectivity index (χ1v) is 5.41. The molecule has 0 aliphatic rings. The predicted molar refractivity (Wildman–Crippen MR) is 64.2 cm³/mol. The van der Waals surface area contributed by atoms with Crippen molar-refractivity contribution in [2.24, 2.45) is 0 Å². The molecule has 0 aliphatic carbocycles. The van der Waals surface area contributed by atoms with E-state index in [1.54, 1.807) is 0 Å². The molecule has 5 nitrogen and oxygen atoms in total. The van der Waals surface area contributed by atoms with Gasteiger partial charge in [-0.15, -0.1) is 6.58 Å². The zero-order valence-electron chi connectivity index (χ0n) is 9.31. The third-order valence-corrected chi connectivity index (χ3v) is 2.44. The lowest BCUT2D eigenvalue weighted by Crippen LogP contribution is -2.29. The van der Waals surface area contributed by atoms with Crippen molar-refractivity contribution in [1.29, 1.82) is 0 Å². The number of hydrogen-bond acceptors (Lipinski definition) is 4. The Balaban J connectivity index is 2.82. The molecule has 100 valence electrons. The number of nitrogens with one attached hydrogen (secondary N) is 1. The zero-order valence-corrected chi connectivity index (χ0v) is 10.1. The van der Waals surface area contributed by atoms with Crippen LogP contribution in [-0.4, -0.2) is 34.0 Å². The molecule has 0 amide bonds. The number of nitrogens with zero attached hydrogens (tertiary/aromatic N) is 2. The van der Waals surface area contributed by atoms with E-state index in [0.29, 0.717) is 0 Å². The lowest BCUT2D eigenvalue weighted by atomic mass is 10.3. The van der Waals surface area contributed by atoms with Gasteiger partial charge < -0.3 is 10.4 Å². The first-order chi connectivity index (χ1) is 8.47. The first-order valence-electron chi connectivity index (χ1n) is 5.04. The summed E-state index contributed by atoms with van der Waals surface area (Å²) in [6.07, 6.45) is -2.01. The third-order valence-electron chi connectivity index (χ3n) is 2.08. The molecule has 0 saturated heterocycles. The monoisotopic (exact) mass is 279 g/mol. The van der Waals surface area contributed by atoms with E-state index in [0.717, 1.165) is 4.68 Å². The number of allylic oxidation sites excluding steroid dienone is 1. The van der Waals surface area contributed by atoms with Crippen LogP contribution in [0.2, 0.25) is 5.02 Å². The molecule has 0 fully saturated rings. The molecular formula is C10H12ClF2N3O2. The van der Waals surface area contributed by atoms with Gasteiger partial charge in [-0.1, -0.05) is 17.7 Å². The molecule has 1 unspecified atom stereocenters. The van der Waals surface area contributed by atoms with E-state index >= 15 is 0 Å². The molecule has 0 bridgehead atoms. The fraction of sp³-hybridized carbons (Fsp3) is 0.400. The standard InChI is InChI=1S/C10H12ClF2N3O2/c1-2-3-16-10(18)8(11)6(4-15-16)14-5-7(17)9(12)13/h2,4,7,9,14,17H,1,3,5H2. The summed E-state index contributed by atoms with van der Waals surface area (Å²) in [6, 6.07) is 0. The molecule has 2 N–H and O–H groups in total. The smallest absolute Gasteiger partial charge is 0.287 e. The molecule has 1 rings (SSSR count). The first kappa shape index (κ1) is 14.6. The lowest BCUT2D eigenvalue weighted by Gasteiger charge is -2.12. The second-order valence-corrected chi connectivity index (χ2v) is 3.81. The molecule has 1 aromatic heterocycles. The summed E-state index contributed by atoms with van der Waals surface area (Å²) >= 11 is 5.76. The van der Waals surface area contributed by atoms with E-state index in [2.05, 4.69) is 17.0 Å². The van der Waals surface area contributed by atoms with Crippen LogP contribution in [0.1, 0.15) is 0 Å². The quantitative estimate of drug-likeness (QED) is 0.766. The van der Waals surface area contributed by atoms with Crippen LogP contribution >= 0.6 is 11.6 Å². The topological polar surface area (TPSA) is 67.2 Å². The number of anilines is 1. The van der Waals surface area contributed by atoms with Crippen molar-refractivity contribution in [2.45, 2.75) is 19.1 Å². The molecule has 0 radical (unpaired) electrons. The Morgan fingerprint density at radius 2 is 2.33 bits per heavy atom. The molecule has 1 heterocycles. The maximum Gasteiger partial charge on any atom is 0.287 e. The van der Waals surface area contributed by atoms with Crippen LogP contribution in [0, 0.1) is 0 Å². The summed E-state index contributed by atoms with van der Waals surface area (Å²) in [7, 11) is 0.